The van der Waals surface area contributed by atoms with E-state index in [1.54, 1.807) is 0 Å². The van der Waals surface area contributed by atoms with E-state index in [0.29, 0.717) is 6.29 Å². The summed E-state index contributed by atoms with van der Waals surface area (Å²) in [5.74, 6) is 0. The summed E-state index contributed by atoms with van der Waals surface area (Å²) in [5.41, 5.74) is -0.0123. The van der Waals surface area contributed by atoms with Crippen molar-refractivity contribution in [3.8, 4) is 0 Å². The molecule has 0 heterocycles. The van der Waals surface area contributed by atoms with Gasteiger partial charge in [-0.1, -0.05) is 46.4 Å². The van der Waals surface area contributed by atoms with E-state index in [1.165, 1.54) is 0 Å². The van der Waals surface area contributed by atoms with E-state index in [-0.39, 0.29) is 10.1 Å². The van der Waals surface area contributed by atoms with E-state index < -0.39 is 4.84 Å². The standard InChI is InChI=1S/C4H2Cl4O/c5-3(6)2(1-9)4(7)8/h1,3H. The first-order chi connectivity index (χ1) is 4.09. The van der Waals surface area contributed by atoms with Gasteiger partial charge in [0.1, 0.15) is 9.33 Å². The van der Waals surface area contributed by atoms with Gasteiger partial charge in [0.05, 0.1) is 5.57 Å². The van der Waals surface area contributed by atoms with Crippen LogP contribution in [0.1, 0.15) is 0 Å². The molecule has 0 spiro atoms. The van der Waals surface area contributed by atoms with Crippen molar-refractivity contribution in [2.75, 3.05) is 0 Å². The second kappa shape index (κ2) is 4.40. The summed E-state index contributed by atoms with van der Waals surface area (Å²) in [6.45, 7) is 0. The number of allylic oxidation sites excluding steroid dienone is 1. The molecule has 0 unspecified atom stereocenters. The third kappa shape index (κ3) is 3.31. The second-order valence-electron chi connectivity index (χ2n) is 1.13. The zero-order chi connectivity index (χ0) is 7.44. The van der Waals surface area contributed by atoms with Crippen molar-refractivity contribution < 1.29 is 4.79 Å². The molecule has 5 heteroatoms. The lowest BCUT2D eigenvalue weighted by Crippen LogP contribution is -1.95. The largest absolute Gasteiger partial charge is 0.298 e. The van der Waals surface area contributed by atoms with Crippen LogP contribution in [-0.4, -0.2) is 11.1 Å². The number of hydrogen-bond acceptors (Lipinski definition) is 1. The van der Waals surface area contributed by atoms with Gasteiger partial charge in [-0.15, -0.1) is 0 Å². The number of carbonyl (C=O) groups is 1. The maximum Gasteiger partial charge on any atom is 0.151 e. The van der Waals surface area contributed by atoms with Crippen LogP contribution in [0.5, 0.6) is 0 Å². The van der Waals surface area contributed by atoms with Crippen LogP contribution in [0.25, 0.3) is 0 Å². The Morgan fingerprint density at radius 2 is 1.78 bits per heavy atom. The van der Waals surface area contributed by atoms with E-state index in [0.717, 1.165) is 0 Å². The molecule has 0 atom stereocenters. The highest BCUT2D eigenvalue weighted by Gasteiger charge is 2.09. The fourth-order valence-electron chi connectivity index (χ4n) is 0.178. The van der Waals surface area contributed by atoms with Crippen molar-refractivity contribution in [1.82, 2.24) is 0 Å². The predicted octanol–water partition coefficient (Wildman–Crippen LogP) is 2.68. The van der Waals surface area contributed by atoms with Gasteiger partial charge in [0.15, 0.2) is 6.29 Å². The summed E-state index contributed by atoms with van der Waals surface area (Å²) >= 11 is 20.9. The third-order valence-electron chi connectivity index (χ3n) is 0.580. The molecule has 0 aromatic heterocycles. The Labute approximate surface area is 72.5 Å². The van der Waals surface area contributed by atoms with Gasteiger partial charge in [-0.2, -0.15) is 0 Å². The van der Waals surface area contributed by atoms with E-state index in [9.17, 15) is 4.79 Å². The van der Waals surface area contributed by atoms with Crippen LogP contribution >= 0.6 is 46.4 Å². The summed E-state index contributed by atoms with van der Waals surface area (Å²) in [6, 6.07) is 0. The Hall–Kier alpha value is 0.570. The molecular weight excluding hydrogens is 206 g/mol. The van der Waals surface area contributed by atoms with E-state index >= 15 is 0 Å². The third-order valence-corrected chi connectivity index (χ3v) is 1.49. The Kier molecular flexibility index (Phi) is 4.67. The monoisotopic (exact) mass is 206 g/mol. The molecule has 0 rings (SSSR count). The molecule has 0 aliphatic carbocycles. The topological polar surface area (TPSA) is 17.1 Å². The van der Waals surface area contributed by atoms with Crippen LogP contribution in [0.3, 0.4) is 0 Å². The van der Waals surface area contributed by atoms with Crippen molar-refractivity contribution in [1.29, 1.82) is 0 Å². The van der Waals surface area contributed by atoms with Gasteiger partial charge in [0.25, 0.3) is 0 Å². The van der Waals surface area contributed by atoms with Crippen LogP contribution < -0.4 is 0 Å². The molecule has 9 heavy (non-hydrogen) atoms. The van der Waals surface area contributed by atoms with Crippen molar-refractivity contribution in [2.24, 2.45) is 0 Å². The minimum atomic E-state index is -0.951. The number of alkyl halides is 2. The maximum absolute atomic E-state index is 9.99. The highest BCUT2D eigenvalue weighted by Crippen LogP contribution is 2.21. The molecule has 0 amide bonds. The molecule has 0 fully saturated rings. The van der Waals surface area contributed by atoms with Gasteiger partial charge in [0, 0.05) is 0 Å². The first-order valence-electron chi connectivity index (χ1n) is 1.88. The van der Waals surface area contributed by atoms with Crippen LogP contribution in [0.15, 0.2) is 10.1 Å². The van der Waals surface area contributed by atoms with Gasteiger partial charge in [-0.3, -0.25) is 4.79 Å². The fourth-order valence-corrected chi connectivity index (χ4v) is 1.03. The summed E-state index contributed by atoms with van der Waals surface area (Å²) in [4.78, 5) is 9.04. The van der Waals surface area contributed by atoms with Crippen molar-refractivity contribution in [3.63, 3.8) is 0 Å². The van der Waals surface area contributed by atoms with Crippen LogP contribution in [-0.2, 0) is 4.79 Å². The fraction of sp³-hybridized carbons (Fsp3) is 0.250. The van der Waals surface area contributed by atoms with Crippen LogP contribution in [0.4, 0.5) is 0 Å². The first kappa shape index (κ1) is 9.57. The summed E-state index contributed by atoms with van der Waals surface area (Å²) in [7, 11) is 0. The Morgan fingerprint density at radius 3 is 1.78 bits per heavy atom. The van der Waals surface area contributed by atoms with Gasteiger partial charge in [-0.25, -0.2) is 0 Å². The molecule has 0 radical (unpaired) electrons. The smallest absolute Gasteiger partial charge is 0.151 e. The predicted molar refractivity (Wildman–Crippen MR) is 40.3 cm³/mol. The number of hydrogen-bond donors (Lipinski definition) is 0. The zero-order valence-corrected chi connectivity index (χ0v) is 7.10. The minimum absolute atomic E-state index is 0.0123. The lowest BCUT2D eigenvalue weighted by atomic mass is 10.4. The van der Waals surface area contributed by atoms with Crippen molar-refractivity contribution in [2.45, 2.75) is 4.84 Å². The first-order valence-corrected chi connectivity index (χ1v) is 3.51. The van der Waals surface area contributed by atoms with Crippen LogP contribution in [0.2, 0.25) is 0 Å². The lowest BCUT2D eigenvalue weighted by Gasteiger charge is -1.96. The molecule has 1 nitrogen and oxygen atoms in total. The number of aldehydes is 1. The quantitative estimate of drug-likeness (QED) is 0.387. The Morgan fingerprint density at radius 1 is 1.33 bits per heavy atom. The second-order valence-corrected chi connectivity index (χ2v) is 3.18. The number of rotatable bonds is 2. The van der Waals surface area contributed by atoms with Crippen LogP contribution in [0, 0.1) is 0 Å². The average molecular weight is 208 g/mol. The molecule has 0 aliphatic rings. The Balaban J connectivity index is 4.34. The molecule has 0 aromatic rings. The van der Waals surface area contributed by atoms with E-state index in [1.807, 2.05) is 0 Å². The van der Waals surface area contributed by atoms with Gasteiger partial charge >= 0.3 is 0 Å². The van der Waals surface area contributed by atoms with Crippen molar-refractivity contribution >= 4 is 52.7 Å². The molecule has 0 N–H and O–H groups in total. The van der Waals surface area contributed by atoms with Gasteiger partial charge < -0.3 is 0 Å². The molecule has 0 bridgehead atoms. The summed E-state index contributed by atoms with van der Waals surface area (Å²) in [6.07, 6.45) is 0.417. The van der Waals surface area contributed by atoms with E-state index in [4.69, 9.17) is 46.4 Å². The summed E-state index contributed by atoms with van der Waals surface area (Å²) in [5, 5.41) is 0. The van der Waals surface area contributed by atoms with Crippen molar-refractivity contribution in [3.05, 3.63) is 10.1 Å². The Bertz CT molecular complexity index is 136. The van der Waals surface area contributed by atoms with Gasteiger partial charge in [0.2, 0.25) is 0 Å². The molecular formula is C4H2Cl4O. The number of halogens is 4. The summed E-state index contributed by atoms with van der Waals surface area (Å²) < 4.78 is -0.194. The molecule has 0 aliphatic heterocycles. The molecule has 0 aromatic carbocycles. The van der Waals surface area contributed by atoms with E-state index in [2.05, 4.69) is 0 Å². The normalized spacial score (nSPS) is 9.44. The highest BCUT2D eigenvalue weighted by molar-refractivity contribution is 6.59. The SMILES string of the molecule is O=CC(=C(Cl)Cl)C(Cl)Cl. The minimum Gasteiger partial charge on any atom is -0.298 e. The lowest BCUT2D eigenvalue weighted by molar-refractivity contribution is -0.104. The molecule has 52 valence electrons. The van der Waals surface area contributed by atoms with Gasteiger partial charge in [-0.05, 0) is 0 Å². The number of carbonyl (C=O) groups excluding carboxylic acids is 1. The average Bonchev–Trinajstić information content (AvgIpc) is 1.64. The maximum atomic E-state index is 9.99. The highest BCUT2D eigenvalue weighted by atomic mass is 35.5. The molecule has 0 saturated heterocycles. The molecule has 0 saturated carbocycles. The zero-order valence-electron chi connectivity index (χ0n) is 4.07.